The molecule has 0 bridgehead atoms. The summed E-state index contributed by atoms with van der Waals surface area (Å²) in [6, 6.07) is 8.48. The zero-order chi connectivity index (χ0) is 13.9. The maximum absolute atomic E-state index is 5.49. The largest absolute Gasteiger partial charge is 0.325 e. The highest BCUT2D eigenvalue weighted by molar-refractivity contribution is 9.10. The fourth-order valence-electron chi connectivity index (χ4n) is 2.56. The third-order valence-electron chi connectivity index (χ3n) is 3.52. The summed E-state index contributed by atoms with van der Waals surface area (Å²) in [6.45, 7) is 0.941. The van der Waals surface area contributed by atoms with Crippen LogP contribution in [0.25, 0.3) is 0 Å². The van der Waals surface area contributed by atoms with Crippen molar-refractivity contribution >= 4 is 33.3 Å². The van der Waals surface area contributed by atoms with E-state index in [1.54, 1.807) is 0 Å². The van der Waals surface area contributed by atoms with Gasteiger partial charge in [-0.1, -0.05) is 18.2 Å². The Morgan fingerprint density at radius 1 is 1.20 bits per heavy atom. The predicted molar refractivity (Wildman–Crippen MR) is 83.9 cm³/mol. The molecule has 3 N–H and O–H groups in total. The molecule has 0 atom stereocenters. The van der Waals surface area contributed by atoms with E-state index < -0.39 is 0 Å². The predicted octanol–water partition coefficient (Wildman–Crippen LogP) is 3.00. The van der Waals surface area contributed by atoms with Gasteiger partial charge in [-0.05, 0) is 46.8 Å². The zero-order valence-electron chi connectivity index (χ0n) is 11.0. The number of nitrogens with two attached hydrogens (primary N) is 1. The van der Waals surface area contributed by atoms with Crippen molar-refractivity contribution in [1.29, 1.82) is 0 Å². The van der Waals surface area contributed by atoms with Crippen molar-refractivity contribution in [3.63, 3.8) is 0 Å². The maximum atomic E-state index is 5.49. The number of anilines is 3. The molecule has 6 heteroatoms. The van der Waals surface area contributed by atoms with Crippen molar-refractivity contribution in [3.05, 3.63) is 40.6 Å². The fourth-order valence-corrected chi connectivity index (χ4v) is 3.09. The van der Waals surface area contributed by atoms with Crippen molar-refractivity contribution in [1.82, 2.24) is 9.97 Å². The van der Waals surface area contributed by atoms with Gasteiger partial charge in [-0.25, -0.2) is 15.8 Å². The van der Waals surface area contributed by atoms with Gasteiger partial charge in [0.25, 0.3) is 0 Å². The van der Waals surface area contributed by atoms with Crippen LogP contribution in [0.15, 0.2) is 35.1 Å². The van der Waals surface area contributed by atoms with Crippen LogP contribution < -0.4 is 16.2 Å². The van der Waals surface area contributed by atoms with Crippen LogP contribution in [-0.4, -0.2) is 16.5 Å². The second-order valence-corrected chi connectivity index (χ2v) is 5.53. The molecular weight excluding hydrogens is 318 g/mol. The van der Waals surface area contributed by atoms with Crippen molar-refractivity contribution in [3.8, 4) is 0 Å². The Balaban J connectivity index is 2.10. The van der Waals surface area contributed by atoms with E-state index in [1.165, 1.54) is 24.0 Å². The van der Waals surface area contributed by atoms with Crippen LogP contribution in [0.3, 0.4) is 0 Å². The average molecular weight is 334 g/mol. The molecule has 0 amide bonds. The van der Waals surface area contributed by atoms with Crippen LogP contribution in [0.1, 0.15) is 18.4 Å². The first kappa shape index (κ1) is 13.3. The number of para-hydroxylation sites is 1. The number of aromatic nitrogens is 2. The van der Waals surface area contributed by atoms with Crippen molar-refractivity contribution in [2.75, 3.05) is 16.9 Å². The first-order valence-electron chi connectivity index (χ1n) is 6.64. The molecule has 0 aliphatic carbocycles. The standard InChI is InChI=1S/C14H16BrN5/c15-12-13(19-16)17-9-18-14(12)20-8-4-3-6-10-5-1-2-7-11(10)20/h1-2,5,7,9H,3-4,6,8,16H2,(H,17,18,19). The highest BCUT2D eigenvalue weighted by atomic mass is 79.9. The first-order chi connectivity index (χ1) is 9.81. The van der Waals surface area contributed by atoms with Gasteiger partial charge in [-0.2, -0.15) is 0 Å². The van der Waals surface area contributed by atoms with Gasteiger partial charge < -0.3 is 10.3 Å². The highest BCUT2D eigenvalue weighted by Crippen LogP contribution is 2.37. The molecular formula is C14H16BrN5. The highest BCUT2D eigenvalue weighted by Gasteiger charge is 2.20. The summed E-state index contributed by atoms with van der Waals surface area (Å²) in [5.41, 5.74) is 5.16. The molecule has 20 heavy (non-hydrogen) atoms. The lowest BCUT2D eigenvalue weighted by molar-refractivity contribution is 0.756. The fraction of sp³-hybridized carbons (Fsp3) is 0.286. The summed E-state index contributed by atoms with van der Waals surface area (Å²) < 4.78 is 0.791. The second-order valence-electron chi connectivity index (χ2n) is 4.74. The summed E-state index contributed by atoms with van der Waals surface area (Å²) in [5, 5.41) is 0. The van der Waals surface area contributed by atoms with E-state index in [1.807, 2.05) is 0 Å². The number of rotatable bonds is 2. The molecule has 1 aromatic carbocycles. The molecule has 0 fully saturated rings. The van der Waals surface area contributed by atoms with Gasteiger partial charge in [0.05, 0.1) is 0 Å². The second kappa shape index (κ2) is 5.76. The molecule has 1 aromatic heterocycles. The number of halogens is 1. The Bertz CT molecular complexity index is 616. The van der Waals surface area contributed by atoms with Gasteiger partial charge in [0.2, 0.25) is 0 Å². The van der Waals surface area contributed by atoms with Gasteiger partial charge >= 0.3 is 0 Å². The maximum Gasteiger partial charge on any atom is 0.159 e. The monoisotopic (exact) mass is 333 g/mol. The Morgan fingerprint density at radius 3 is 2.90 bits per heavy atom. The van der Waals surface area contributed by atoms with Crippen LogP contribution in [0, 0.1) is 0 Å². The Labute approximate surface area is 126 Å². The number of nitrogens with one attached hydrogen (secondary N) is 1. The molecule has 0 unspecified atom stereocenters. The van der Waals surface area contributed by atoms with E-state index in [2.05, 4.69) is 60.5 Å². The van der Waals surface area contributed by atoms with Crippen molar-refractivity contribution in [2.45, 2.75) is 19.3 Å². The smallest absolute Gasteiger partial charge is 0.159 e. The van der Waals surface area contributed by atoms with E-state index in [0.717, 1.165) is 29.7 Å². The lowest BCUT2D eigenvalue weighted by atomic mass is 10.1. The van der Waals surface area contributed by atoms with Gasteiger partial charge in [-0.15, -0.1) is 0 Å². The number of aryl methyl sites for hydroxylation is 1. The number of nitrogen functional groups attached to an aromatic ring is 1. The minimum absolute atomic E-state index is 0.594. The van der Waals surface area contributed by atoms with Gasteiger partial charge in [-0.3, -0.25) is 0 Å². The minimum Gasteiger partial charge on any atom is -0.325 e. The number of nitrogens with zero attached hydrogens (tertiary/aromatic N) is 3. The molecule has 1 aliphatic heterocycles. The van der Waals surface area contributed by atoms with Crippen molar-refractivity contribution in [2.24, 2.45) is 5.84 Å². The van der Waals surface area contributed by atoms with Gasteiger partial charge in [0.1, 0.15) is 10.8 Å². The normalized spacial score (nSPS) is 14.6. The lowest BCUT2D eigenvalue weighted by Crippen LogP contribution is -2.21. The van der Waals surface area contributed by atoms with E-state index in [4.69, 9.17) is 5.84 Å². The lowest BCUT2D eigenvalue weighted by Gasteiger charge is -2.25. The number of hydrazine groups is 1. The topological polar surface area (TPSA) is 67.1 Å². The van der Waals surface area contributed by atoms with Gasteiger partial charge in [0, 0.05) is 12.2 Å². The third kappa shape index (κ3) is 2.36. The van der Waals surface area contributed by atoms with Crippen LogP contribution >= 0.6 is 15.9 Å². The number of fused-ring (bicyclic) bond motifs is 1. The summed E-state index contributed by atoms with van der Waals surface area (Å²) >= 11 is 3.55. The summed E-state index contributed by atoms with van der Waals surface area (Å²) in [7, 11) is 0. The van der Waals surface area contributed by atoms with Crippen LogP contribution in [-0.2, 0) is 6.42 Å². The average Bonchev–Trinajstić information content (AvgIpc) is 2.70. The molecule has 0 saturated heterocycles. The Kier molecular flexibility index (Phi) is 3.84. The van der Waals surface area contributed by atoms with E-state index >= 15 is 0 Å². The Morgan fingerprint density at radius 2 is 2.05 bits per heavy atom. The minimum atomic E-state index is 0.594. The first-order valence-corrected chi connectivity index (χ1v) is 7.43. The molecule has 2 heterocycles. The van der Waals surface area contributed by atoms with E-state index in [9.17, 15) is 0 Å². The van der Waals surface area contributed by atoms with Crippen LogP contribution in [0.2, 0.25) is 0 Å². The molecule has 1 aliphatic rings. The summed E-state index contributed by atoms with van der Waals surface area (Å²) in [4.78, 5) is 10.8. The quantitative estimate of drug-likeness (QED) is 0.653. The number of hydrogen-bond acceptors (Lipinski definition) is 5. The Hall–Kier alpha value is -1.66. The molecule has 5 nitrogen and oxygen atoms in total. The third-order valence-corrected chi connectivity index (χ3v) is 4.25. The zero-order valence-corrected chi connectivity index (χ0v) is 12.6. The van der Waals surface area contributed by atoms with Crippen LogP contribution in [0.4, 0.5) is 17.3 Å². The number of hydrogen-bond donors (Lipinski definition) is 2. The summed E-state index contributed by atoms with van der Waals surface area (Å²) in [5.74, 6) is 6.93. The van der Waals surface area contributed by atoms with Gasteiger partial charge in [0.15, 0.2) is 11.6 Å². The van der Waals surface area contributed by atoms with E-state index in [0.29, 0.717) is 5.82 Å². The summed E-state index contributed by atoms with van der Waals surface area (Å²) in [6.07, 6.45) is 4.97. The molecule has 104 valence electrons. The molecule has 0 saturated carbocycles. The molecule has 0 radical (unpaired) electrons. The SMILES string of the molecule is NNc1ncnc(N2CCCCc3ccccc32)c1Br. The molecule has 0 spiro atoms. The molecule has 3 rings (SSSR count). The van der Waals surface area contributed by atoms with E-state index in [-0.39, 0.29) is 0 Å². The number of benzene rings is 1. The van der Waals surface area contributed by atoms with Crippen molar-refractivity contribution < 1.29 is 0 Å². The molecule has 2 aromatic rings. The van der Waals surface area contributed by atoms with Crippen LogP contribution in [0.5, 0.6) is 0 Å².